The first-order valence-corrected chi connectivity index (χ1v) is 5.35. The number of hydrogen-bond donors (Lipinski definition) is 2. The van der Waals surface area contributed by atoms with E-state index < -0.39 is 12.0 Å². The van der Waals surface area contributed by atoms with Crippen molar-refractivity contribution < 1.29 is 14.6 Å². The van der Waals surface area contributed by atoms with Crippen LogP contribution in [0.25, 0.3) is 0 Å². The largest absolute Gasteiger partial charge is 0.496 e. The zero-order chi connectivity index (χ0) is 12.8. The van der Waals surface area contributed by atoms with Crippen molar-refractivity contribution >= 4 is 5.91 Å². The molecule has 0 aliphatic rings. The van der Waals surface area contributed by atoms with Crippen LogP contribution in [0.5, 0.6) is 5.75 Å². The third-order valence-electron chi connectivity index (χ3n) is 2.48. The van der Waals surface area contributed by atoms with Crippen LogP contribution >= 0.6 is 0 Å². The summed E-state index contributed by atoms with van der Waals surface area (Å²) in [6.07, 6.45) is -1.14. The zero-order valence-electron chi connectivity index (χ0n) is 10.1. The van der Waals surface area contributed by atoms with E-state index in [0.29, 0.717) is 6.54 Å². The molecule has 0 fully saturated rings. The second-order valence-electron chi connectivity index (χ2n) is 3.76. The fourth-order valence-electron chi connectivity index (χ4n) is 1.52. The molecule has 0 saturated carbocycles. The number of nitrogens with two attached hydrogens (primary N) is 1. The molecular weight excluding hydrogens is 220 g/mol. The van der Waals surface area contributed by atoms with E-state index in [4.69, 9.17) is 10.5 Å². The number of carbonyl (C=O) groups is 1. The minimum absolute atomic E-state index is 0.0743. The average Bonchev–Trinajstić information content (AvgIpc) is 2.37. The fourth-order valence-corrected chi connectivity index (χ4v) is 1.52. The highest BCUT2D eigenvalue weighted by Crippen LogP contribution is 2.18. The van der Waals surface area contributed by atoms with Crippen LogP contribution in [0.1, 0.15) is 5.56 Å². The molecule has 1 unspecified atom stereocenters. The molecule has 1 aromatic carbocycles. The van der Waals surface area contributed by atoms with Crippen molar-refractivity contribution in [3.8, 4) is 5.75 Å². The normalized spacial score (nSPS) is 12.0. The van der Waals surface area contributed by atoms with Crippen molar-refractivity contribution in [1.29, 1.82) is 0 Å². The van der Waals surface area contributed by atoms with E-state index in [1.54, 1.807) is 14.2 Å². The van der Waals surface area contributed by atoms with Crippen LogP contribution < -0.4 is 10.5 Å². The summed E-state index contributed by atoms with van der Waals surface area (Å²) in [5.41, 5.74) is 6.12. The number of rotatable bonds is 5. The van der Waals surface area contributed by atoms with Gasteiger partial charge in [0.25, 0.3) is 5.91 Å². The number of nitrogens with zero attached hydrogens (tertiary/aromatic N) is 1. The van der Waals surface area contributed by atoms with E-state index in [9.17, 15) is 9.90 Å². The van der Waals surface area contributed by atoms with E-state index in [0.717, 1.165) is 11.3 Å². The Labute approximate surface area is 101 Å². The van der Waals surface area contributed by atoms with Gasteiger partial charge in [0.1, 0.15) is 11.9 Å². The number of benzene rings is 1. The SMILES string of the molecule is COc1ccccc1CN(C)C(=O)C(O)CN. The lowest BCUT2D eigenvalue weighted by atomic mass is 10.2. The molecule has 1 amide bonds. The van der Waals surface area contributed by atoms with Gasteiger partial charge >= 0.3 is 0 Å². The van der Waals surface area contributed by atoms with E-state index in [1.807, 2.05) is 24.3 Å². The van der Waals surface area contributed by atoms with Crippen LogP contribution in [0, 0.1) is 0 Å². The molecule has 94 valence electrons. The summed E-state index contributed by atoms with van der Waals surface area (Å²) in [4.78, 5) is 13.1. The minimum Gasteiger partial charge on any atom is -0.496 e. The first kappa shape index (κ1) is 13.5. The Morgan fingerprint density at radius 3 is 2.76 bits per heavy atom. The molecule has 1 aromatic rings. The van der Waals surface area contributed by atoms with Crippen molar-refractivity contribution in [2.75, 3.05) is 20.7 Å². The molecule has 5 heteroatoms. The van der Waals surface area contributed by atoms with Crippen LogP contribution in [0.4, 0.5) is 0 Å². The molecule has 1 atom stereocenters. The van der Waals surface area contributed by atoms with Gasteiger partial charge < -0.3 is 20.5 Å². The molecule has 5 nitrogen and oxygen atoms in total. The summed E-state index contributed by atoms with van der Waals surface area (Å²) in [5, 5.41) is 9.35. The maximum Gasteiger partial charge on any atom is 0.252 e. The molecule has 17 heavy (non-hydrogen) atoms. The van der Waals surface area contributed by atoms with Crippen molar-refractivity contribution in [2.24, 2.45) is 5.73 Å². The van der Waals surface area contributed by atoms with E-state index in [-0.39, 0.29) is 6.54 Å². The summed E-state index contributed by atoms with van der Waals surface area (Å²) in [5.74, 6) is 0.327. The molecule has 0 aromatic heterocycles. The highest BCUT2D eigenvalue weighted by atomic mass is 16.5. The van der Waals surface area contributed by atoms with Crippen molar-refractivity contribution in [3.05, 3.63) is 29.8 Å². The van der Waals surface area contributed by atoms with Crippen LogP contribution in [-0.4, -0.2) is 42.7 Å². The second-order valence-corrected chi connectivity index (χ2v) is 3.76. The number of para-hydroxylation sites is 1. The van der Waals surface area contributed by atoms with E-state index >= 15 is 0 Å². The van der Waals surface area contributed by atoms with Crippen LogP contribution in [0.2, 0.25) is 0 Å². The summed E-state index contributed by atoms with van der Waals surface area (Å²) >= 11 is 0. The molecule has 1 rings (SSSR count). The lowest BCUT2D eigenvalue weighted by molar-refractivity contribution is -0.138. The molecule has 3 N–H and O–H groups in total. The lowest BCUT2D eigenvalue weighted by Crippen LogP contribution is -2.40. The third-order valence-corrected chi connectivity index (χ3v) is 2.48. The summed E-state index contributed by atoms with van der Waals surface area (Å²) in [6.45, 7) is 0.301. The number of likely N-dealkylation sites (N-methyl/N-ethyl adjacent to an activating group) is 1. The van der Waals surface area contributed by atoms with Crippen LogP contribution in [0.3, 0.4) is 0 Å². The van der Waals surface area contributed by atoms with Crippen LogP contribution in [0.15, 0.2) is 24.3 Å². The molecule has 0 aliphatic heterocycles. The zero-order valence-corrected chi connectivity index (χ0v) is 10.1. The fraction of sp³-hybridized carbons (Fsp3) is 0.417. The number of amides is 1. The standard InChI is InChI=1S/C12H18N2O3/c1-14(12(16)10(15)7-13)8-9-5-3-4-6-11(9)17-2/h3-6,10,15H,7-8,13H2,1-2H3. The van der Waals surface area contributed by atoms with Crippen molar-refractivity contribution in [1.82, 2.24) is 4.90 Å². The van der Waals surface area contributed by atoms with Gasteiger partial charge in [0, 0.05) is 25.7 Å². The Hall–Kier alpha value is -1.59. The predicted molar refractivity (Wildman–Crippen MR) is 64.5 cm³/mol. The number of aliphatic hydroxyl groups excluding tert-OH is 1. The monoisotopic (exact) mass is 238 g/mol. The number of aliphatic hydroxyl groups is 1. The van der Waals surface area contributed by atoms with E-state index in [1.165, 1.54) is 4.90 Å². The number of methoxy groups -OCH3 is 1. The van der Waals surface area contributed by atoms with Gasteiger partial charge in [-0.25, -0.2) is 0 Å². The van der Waals surface area contributed by atoms with Gasteiger partial charge in [-0.05, 0) is 6.07 Å². The molecule has 0 aliphatic carbocycles. The minimum atomic E-state index is -1.14. The lowest BCUT2D eigenvalue weighted by Gasteiger charge is -2.21. The Kier molecular flexibility index (Phi) is 4.93. The first-order chi connectivity index (χ1) is 8.10. The number of ether oxygens (including phenoxy) is 1. The van der Waals surface area contributed by atoms with Gasteiger partial charge in [-0.2, -0.15) is 0 Å². The molecular formula is C12H18N2O3. The Morgan fingerprint density at radius 2 is 2.18 bits per heavy atom. The number of hydrogen-bond acceptors (Lipinski definition) is 4. The van der Waals surface area contributed by atoms with Gasteiger partial charge in [0.15, 0.2) is 0 Å². The van der Waals surface area contributed by atoms with Gasteiger partial charge in [-0.15, -0.1) is 0 Å². The van der Waals surface area contributed by atoms with Gasteiger partial charge in [0.2, 0.25) is 0 Å². The van der Waals surface area contributed by atoms with Gasteiger partial charge in [-0.3, -0.25) is 4.79 Å². The molecule has 0 radical (unpaired) electrons. The van der Waals surface area contributed by atoms with Gasteiger partial charge in [-0.1, -0.05) is 18.2 Å². The molecule has 0 heterocycles. The molecule has 0 spiro atoms. The third kappa shape index (κ3) is 3.44. The van der Waals surface area contributed by atoms with Crippen molar-refractivity contribution in [3.63, 3.8) is 0 Å². The summed E-state index contributed by atoms with van der Waals surface area (Å²) in [6, 6.07) is 7.43. The smallest absolute Gasteiger partial charge is 0.252 e. The second kappa shape index (κ2) is 6.22. The molecule has 0 bridgehead atoms. The van der Waals surface area contributed by atoms with Crippen molar-refractivity contribution in [2.45, 2.75) is 12.6 Å². The Balaban J connectivity index is 2.74. The Morgan fingerprint density at radius 1 is 1.53 bits per heavy atom. The maximum atomic E-state index is 11.6. The topological polar surface area (TPSA) is 75.8 Å². The first-order valence-electron chi connectivity index (χ1n) is 5.35. The van der Waals surface area contributed by atoms with Gasteiger partial charge in [0.05, 0.1) is 7.11 Å². The maximum absolute atomic E-state index is 11.6. The highest BCUT2D eigenvalue weighted by Gasteiger charge is 2.18. The predicted octanol–water partition coefficient (Wildman–Crippen LogP) is -0.0268. The highest BCUT2D eigenvalue weighted by molar-refractivity contribution is 5.80. The number of carbonyl (C=O) groups excluding carboxylic acids is 1. The van der Waals surface area contributed by atoms with Crippen LogP contribution in [-0.2, 0) is 11.3 Å². The molecule has 0 saturated heterocycles. The Bertz CT molecular complexity index is 382. The van der Waals surface area contributed by atoms with E-state index in [2.05, 4.69) is 0 Å². The average molecular weight is 238 g/mol. The summed E-state index contributed by atoms with van der Waals surface area (Å²) < 4.78 is 5.19. The quantitative estimate of drug-likeness (QED) is 0.755. The summed E-state index contributed by atoms with van der Waals surface area (Å²) in [7, 11) is 3.20.